The summed E-state index contributed by atoms with van der Waals surface area (Å²) in [6, 6.07) is 0.592. The minimum absolute atomic E-state index is 0.0353. The van der Waals surface area contributed by atoms with Crippen molar-refractivity contribution >= 4 is 27.5 Å². The number of hydrogen-bond acceptors (Lipinski definition) is 4. The lowest BCUT2D eigenvalue weighted by molar-refractivity contribution is -0.122. The lowest BCUT2D eigenvalue weighted by Crippen LogP contribution is -2.58. The van der Waals surface area contributed by atoms with E-state index in [9.17, 15) is 9.59 Å². The number of carbonyl (C=O) groups is 1. The predicted molar refractivity (Wildman–Crippen MR) is 118 cm³/mol. The van der Waals surface area contributed by atoms with Crippen LogP contribution in [0.4, 0.5) is 5.69 Å². The molecular weight excluding hydrogens is 432 g/mol. The Morgan fingerprint density at radius 1 is 1.28 bits per heavy atom. The Hall–Kier alpha value is -1.37. The van der Waals surface area contributed by atoms with E-state index in [1.807, 2.05) is 0 Å². The van der Waals surface area contributed by atoms with Gasteiger partial charge in [-0.25, -0.2) is 4.68 Å². The van der Waals surface area contributed by atoms with Gasteiger partial charge in [0, 0.05) is 12.1 Å². The van der Waals surface area contributed by atoms with Crippen LogP contribution in [0.5, 0.6) is 0 Å². The van der Waals surface area contributed by atoms with Crippen LogP contribution in [0.3, 0.4) is 0 Å². The summed E-state index contributed by atoms with van der Waals surface area (Å²) in [4.78, 5) is 25.1. The predicted octanol–water partition coefficient (Wildman–Crippen LogP) is 3.94. The van der Waals surface area contributed by atoms with Gasteiger partial charge in [0.05, 0.1) is 11.9 Å². The van der Waals surface area contributed by atoms with Crippen LogP contribution in [0.15, 0.2) is 15.5 Å². The fourth-order valence-electron chi connectivity index (χ4n) is 5.87. The highest BCUT2D eigenvalue weighted by atomic mass is 79.9. The third kappa shape index (κ3) is 3.99. The Labute approximate surface area is 181 Å². The molecule has 4 atom stereocenters. The van der Waals surface area contributed by atoms with Crippen molar-refractivity contribution in [3.05, 3.63) is 21.0 Å². The third-order valence-corrected chi connectivity index (χ3v) is 8.71. The van der Waals surface area contributed by atoms with Gasteiger partial charge in [-0.2, -0.15) is 5.10 Å². The van der Waals surface area contributed by atoms with E-state index >= 15 is 0 Å². The first-order valence-corrected chi connectivity index (χ1v) is 11.9. The van der Waals surface area contributed by atoms with Crippen LogP contribution in [0.2, 0.25) is 0 Å². The van der Waals surface area contributed by atoms with Gasteiger partial charge < -0.3 is 10.6 Å². The molecule has 0 aromatic carbocycles. The molecular formula is C22H33BrN4O2. The minimum Gasteiger partial charge on any atom is -0.380 e. The first kappa shape index (κ1) is 20.9. The zero-order valence-corrected chi connectivity index (χ0v) is 19.3. The van der Waals surface area contributed by atoms with E-state index in [2.05, 4.69) is 52.4 Å². The van der Waals surface area contributed by atoms with Crippen molar-refractivity contribution in [2.24, 2.45) is 23.2 Å². The summed E-state index contributed by atoms with van der Waals surface area (Å²) in [5, 5.41) is 10.9. The molecule has 160 valence electrons. The monoisotopic (exact) mass is 464 g/mol. The Morgan fingerprint density at radius 2 is 2.00 bits per heavy atom. The van der Waals surface area contributed by atoms with Crippen molar-refractivity contribution in [2.45, 2.75) is 84.3 Å². The van der Waals surface area contributed by atoms with Gasteiger partial charge in [0.15, 0.2) is 0 Å². The Balaban J connectivity index is 1.40. The van der Waals surface area contributed by atoms with Crippen LogP contribution in [-0.4, -0.2) is 27.8 Å². The molecule has 0 unspecified atom stereocenters. The van der Waals surface area contributed by atoms with Crippen LogP contribution in [0.25, 0.3) is 0 Å². The molecule has 4 aliphatic rings. The second-order valence-corrected chi connectivity index (χ2v) is 10.7. The molecule has 4 aliphatic carbocycles. The van der Waals surface area contributed by atoms with Gasteiger partial charge in [-0.15, -0.1) is 0 Å². The highest BCUT2D eigenvalue weighted by Crippen LogP contribution is 2.61. The number of amides is 1. The number of nitrogens with one attached hydrogen (secondary N) is 2. The molecule has 4 saturated carbocycles. The van der Waals surface area contributed by atoms with Crippen LogP contribution in [-0.2, 0) is 11.3 Å². The molecule has 1 aromatic rings. The van der Waals surface area contributed by atoms with Gasteiger partial charge in [-0.05, 0) is 64.8 Å². The van der Waals surface area contributed by atoms with Gasteiger partial charge in [0.25, 0.3) is 5.56 Å². The molecule has 6 nitrogen and oxygen atoms in total. The lowest BCUT2D eigenvalue weighted by atomic mass is 9.45. The SMILES string of the molecule is C[C@@H]1[C@H]2C[C@@H](C[C@H]1Nc1cnn(CC(=O)NC3CCCCC3)c(=O)c1Br)C2(C)C. The Morgan fingerprint density at radius 3 is 2.66 bits per heavy atom. The molecule has 5 rings (SSSR count). The van der Waals surface area contributed by atoms with E-state index in [-0.39, 0.29) is 24.1 Å². The summed E-state index contributed by atoms with van der Waals surface area (Å²) in [6.07, 6.45) is 9.75. The summed E-state index contributed by atoms with van der Waals surface area (Å²) >= 11 is 3.45. The fraction of sp³-hybridized carbons (Fsp3) is 0.773. The number of nitrogens with zero attached hydrogens (tertiary/aromatic N) is 2. The lowest BCUT2D eigenvalue weighted by Gasteiger charge is -2.62. The third-order valence-electron chi connectivity index (χ3n) is 7.94. The number of hydrogen-bond donors (Lipinski definition) is 2. The molecule has 4 fully saturated rings. The molecule has 7 heteroatoms. The van der Waals surface area contributed by atoms with Crippen molar-refractivity contribution < 1.29 is 4.79 Å². The first-order valence-electron chi connectivity index (χ1n) is 11.1. The maximum Gasteiger partial charge on any atom is 0.283 e. The highest BCUT2D eigenvalue weighted by Gasteiger charge is 2.56. The standard InChI is InChI=1S/C22H33BrN4O2/c1-13-16-9-14(22(16,2)3)10-17(13)26-18-11-24-27(21(29)20(18)23)12-19(28)25-15-7-5-4-6-8-15/h11,13-17,26H,4-10,12H2,1-3H3,(H,25,28)/t13-,14+,16-,17-/m1/s1. The first-order chi connectivity index (χ1) is 13.8. The maximum atomic E-state index is 12.8. The average molecular weight is 465 g/mol. The zero-order chi connectivity index (χ0) is 20.8. The molecule has 0 saturated heterocycles. The molecule has 0 spiro atoms. The zero-order valence-electron chi connectivity index (χ0n) is 17.7. The minimum atomic E-state index is -0.261. The van der Waals surface area contributed by atoms with Crippen LogP contribution in [0.1, 0.15) is 65.7 Å². The average Bonchev–Trinajstić information content (AvgIpc) is 2.69. The number of fused-ring (bicyclic) bond motifs is 2. The van der Waals surface area contributed by atoms with Crippen molar-refractivity contribution in [1.82, 2.24) is 15.1 Å². The van der Waals surface area contributed by atoms with Gasteiger partial charge in [-0.1, -0.05) is 40.0 Å². The van der Waals surface area contributed by atoms with Gasteiger partial charge in [-0.3, -0.25) is 9.59 Å². The molecule has 29 heavy (non-hydrogen) atoms. The van der Waals surface area contributed by atoms with Crippen LogP contribution < -0.4 is 16.2 Å². The second-order valence-electron chi connectivity index (χ2n) is 9.94. The summed E-state index contributed by atoms with van der Waals surface area (Å²) in [5.74, 6) is 1.90. The van der Waals surface area contributed by atoms with E-state index in [0.717, 1.165) is 49.6 Å². The summed E-state index contributed by atoms with van der Waals surface area (Å²) in [6.45, 7) is 7.05. The van der Waals surface area contributed by atoms with Crippen molar-refractivity contribution in [3.63, 3.8) is 0 Å². The summed E-state index contributed by atoms with van der Waals surface area (Å²) < 4.78 is 1.71. The summed E-state index contributed by atoms with van der Waals surface area (Å²) in [5.41, 5.74) is 0.903. The van der Waals surface area contributed by atoms with E-state index in [1.165, 1.54) is 17.5 Å². The van der Waals surface area contributed by atoms with E-state index in [4.69, 9.17) is 0 Å². The second kappa shape index (κ2) is 8.05. The van der Waals surface area contributed by atoms with Crippen LogP contribution in [0, 0.1) is 23.2 Å². The summed E-state index contributed by atoms with van der Waals surface area (Å²) in [7, 11) is 0. The highest BCUT2D eigenvalue weighted by molar-refractivity contribution is 9.10. The molecule has 1 aromatic heterocycles. The number of halogens is 1. The van der Waals surface area contributed by atoms with Crippen molar-refractivity contribution in [2.75, 3.05) is 5.32 Å². The Kier molecular flexibility index (Phi) is 5.79. The number of rotatable bonds is 5. The van der Waals surface area contributed by atoms with E-state index < -0.39 is 0 Å². The molecule has 2 N–H and O–H groups in total. The topological polar surface area (TPSA) is 76.0 Å². The number of anilines is 1. The molecule has 0 aliphatic heterocycles. The van der Waals surface area contributed by atoms with Crippen molar-refractivity contribution in [3.8, 4) is 0 Å². The van der Waals surface area contributed by atoms with Gasteiger partial charge in [0.2, 0.25) is 5.91 Å². The smallest absolute Gasteiger partial charge is 0.283 e. The molecule has 2 bridgehead atoms. The largest absolute Gasteiger partial charge is 0.380 e. The van der Waals surface area contributed by atoms with E-state index in [1.54, 1.807) is 6.20 Å². The quantitative estimate of drug-likeness (QED) is 0.691. The number of aromatic nitrogens is 2. The van der Waals surface area contributed by atoms with Crippen LogP contribution >= 0.6 is 15.9 Å². The van der Waals surface area contributed by atoms with E-state index in [0.29, 0.717) is 21.8 Å². The normalized spacial score (nSPS) is 31.0. The molecule has 1 heterocycles. The molecule has 0 radical (unpaired) electrons. The Bertz CT molecular complexity index is 831. The van der Waals surface area contributed by atoms with Gasteiger partial charge in [0.1, 0.15) is 11.0 Å². The van der Waals surface area contributed by atoms with Gasteiger partial charge >= 0.3 is 0 Å². The van der Waals surface area contributed by atoms with Crippen molar-refractivity contribution in [1.29, 1.82) is 0 Å². The molecule has 1 amide bonds. The fourth-order valence-corrected chi connectivity index (χ4v) is 6.30. The maximum absolute atomic E-state index is 12.8. The number of carbonyl (C=O) groups excluding carboxylic acids is 1.